The second-order valence-corrected chi connectivity index (χ2v) is 4.27. The molecule has 3 heteroatoms. The third kappa shape index (κ3) is 3.19. The Morgan fingerprint density at radius 3 is 2.63 bits per heavy atom. The maximum absolute atomic E-state index is 11.9. The third-order valence-corrected chi connectivity index (χ3v) is 3.09. The Kier molecular flexibility index (Phi) is 4.29. The van der Waals surface area contributed by atoms with E-state index in [4.69, 9.17) is 0 Å². The maximum Gasteiger partial charge on any atom is 0.246 e. The fourth-order valence-corrected chi connectivity index (χ4v) is 1.97. The molecule has 1 amide bonds. The van der Waals surface area contributed by atoms with Crippen molar-refractivity contribution >= 4 is 22.9 Å². The molecule has 0 aliphatic carbocycles. The topological polar surface area (TPSA) is 33.2 Å². The highest BCUT2D eigenvalue weighted by molar-refractivity contribution is 5.92. The molecule has 0 saturated heterocycles. The van der Waals surface area contributed by atoms with Gasteiger partial charge in [-0.15, -0.1) is 0 Å². The molecule has 2 aromatic rings. The predicted molar refractivity (Wildman–Crippen MR) is 78.7 cm³/mol. The first-order valence-electron chi connectivity index (χ1n) is 6.57. The zero-order chi connectivity index (χ0) is 13.7. The fourth-order valence-electron chi connectivity index (χ4n) is 1.97. The van der Waals surface area contributed by atoms with E-state index < -0.39 is 0 Å². The molecule has 0 aliphatic heterocycles. The van der Waals surface area contributed by atoms with E-state index in [0.29, 0.717) is 0 Å². The van der Waals surface area contributed by atoms with E-state index in [0.717, 1.165) is 29.7 Å². The predicted octanol–water partition coefficient (Wildman–Crippen LogP) is 3.12. The van der Waals surface area contributed by atoms with Crippen LogP contribution in [0.5, 0.6) is 0 Å². The van der Waals surface area contributed by atoms with E-state index in [9.17, 15) is 4.79 Å². The standard InChI is InChI=1S/C16H18N2O/c1-3-18(4-2)16(19)12-11-14-10-9-13-7-5-6-8-15(13)17-14/h5-12H,3-4H2,1-2H3/b12-11+. The maximum atomic E-state index is 11.9. The monoisotopic (exact) mass is 254 g/mol. The Labute approximate surface area is 113 Å². The third-order valence-electron chi connectivity index (χ3n) is 3.09. The summed E-state index contributed by atoms with van der Waals surface area (Å²) in [5, 5.41) is 1.11. The van der Waals surface area contributed by atoms with Crippen molar-refractivity contribution in [3.05, 3.63) is 48.2 Å². The molecule has 0 N–H and O–H groups in total. The van der Waals surface area contributed by atoms with Crippen LogP contribution >= 0.6 is 0 Å². The number of benzene rings is 1. The minimum atomic E-state index is 0.0277. The number of nitrogens with zero attached hydrogens (tertiary/aromatic N) is 2. The van der Waals surface area contributed by atoms with E-state index in [-0.39, 0.29) is 5.91 Å². The molecule has 0 saturated carbocycles. The number of carbonyl (C=O) groups is 1. The number of fused-ring (bicyclic) bond motifs is 1. The molecule has 0 fully saturated rings. The van der Waals surface area contributed by atoms with Crippen LogP contribution in [0.25, 0.3) is 17.0 Å². The van der Waals surface area contributed by atoms with Crippen molar-refractivity contribution in [1.29, 1.82) is 0 Å². The Hall–Kier alpha value is -2.16. The number of hydrogen-bond acceptors (Lipinski definition) is 2. The van der Waals surface area contributed by atoms with Gasteiger partial charge in [-0.2, -0.15) is 0 Å². The largest absolute Gasteiger partial charge is 0.340 e. The van der Waals surface area contributed by atoms with Gasteiger partial charge in [0, 0.05) is 24.6 Å². The molecule has 0 bridgehead atoms. The summed E-state index contributed by atoms with van der Waals surface area (Å²) in [5.41, 5.74) is 1.75. The molecule has 1 aromatic carbocycles. The summed E-state index contributed by atoms with van der Waals surface area (Å²) < 4.78 is 0. The first-order valence-corrected chi connectivity index (χ1v) is 6.57. The summed E-state index contributed by atoms with van der Waals surface area (Å²) in [6.45, 7) is 5.41. The lowest BCUT2D eigenvalue weighted by atomic mass is 10.2. The average Bonchev–Trinajstić information content (AvgIpc) is 2.46. The molecular weight excluding hydrogens is 236 g/mol. The van der Waals surface area contributed by atoms with Crippen molar-refractivity contribution in [2.45, 2.75) is 13.8 Å². The van der Waals surface area contributed by atoms with Gasteiger partial charge in [0.05, 0.1) is 11.2 Å². The van der Waals surface area contributed by atoms with Gasteiger partial charge in [-0.25, -0.2) is 4.98 Å². The molecule has 19 heavy (non-hydrogen) atoms. The number of rotatable bonds is 4. The number of aromatic nitrogens is 1. The van der Waals surface area contributed by atoms with Crippen LogP contribution in [0.15, 0.2) is 42.5 Å². The van der Waals surface area contributed by atoms with Gasteiger partial charge < -0.3 is 4.90 Å². The van der Waals surface area contributed by atoms with Gasteiger partial charge in [0.1, 0.15) is 0 Å². The number of pyridine rings is 1. The van der Waals surface area contributed by atoms with Crippen LogP contribution in [0.1, 0.15) is 19.5 Å². The molecule has 0 atom stereocenters. The quantitative estimate of drug-likeness (QED) is 0.785. The molecule has 98 valence electrons. The van der Waals surface area contributed by atoms with Crippen LogP contribution < -0.4 is 0 Å². The van der Waals surface area contributed by atoms with Crippen LogP contribution in [0.2, 0.25) is 0 Å². The number of amides is 1. The van der Waals surface area contributed by atoms with Crippen LogP contribution in [-0.2, 0) is 4.79 Å². The highest BCUT2D eigenvalue weighted by Gasteiger charge is 2.04. The van der Waals surface area contributed by atoms with Crippen molar-refractivity contribution in [3.8, 4) is 0 Å². The van der Waals surface area contributed by atoms with E-state index in [1.807, 2.05) is 50.2 Å². The van der Waals surface area contributed by atoms with E-state index in [1.54, 1.807) is 17.1 Å². The molecule has 2 rings (SSSR count). The SMILES string of the molecule is CCN(CC)C(=O)/C=C/c1ccc2ccccc2n1. The Morgan fingerprint density at radius 2 is 1.89 bits per heavy atom. The van der Waals surface area contributed by atoms with Gasteiger partial charge in [0.2, 0.25) is 5.91 Å². The van der Waals surface area contributed by atoms with Crippen molar-refractivity contribution in [1.82, 2.24) is 9.88 Å². The molecule has 0 spiro atoms. The van der Waals surface area contributed by atoms with Crippen molar-refractivity contribution in [2.75, 3.05) is 13.1 Å². The van der Waals surface area contributed by atoms with Gasteiger partial charge in [-0.05, 0) is 32.1 Å². The van der Waals surface area contributed by atoms with E-state index in [1.165, 1.54) is 0 Å². The van der Waals surface area contributed by atoms with E-state index in [2.05, 4.69) is 4.98 Å². The van der Waals surface area contributed by atoms with Crippen LogP contribution in [-0.4, -0.2) is 28.9 Å². The van der Waals surface area contributed by atoms with Gasteiger partial charge in [-0.1, -0.05) is 24.3 Å². The van der Waals surface area contributed by atoms with Gasteiger partial charge >= 0.3 is 0 Å². The zero-order valence-corrected chi connectivity index (χ0v) is 11.3. The number of hydrogen-bond donors (Lipinski definition) is 0. The average molecular weight is 254 g/mol. The highest BCUT2D eigenvalue weighted by atomic mass is 16.2. The van der Waals surface area contributed by atoms with Crippen LogP contribution in [0, 0.1) is 0 Å². The summed E-state index contributed by atoms with van der Waals surface area (Å²) in [5.74, 6) is 0.0277. The zero-order valence-electron chi connectivity index (χ0n) is 11.3. The molecule has 1 heterocycles. The molecule has 0 unspecified atom stereocenters. The lowest BCUT2D eigenvalue weighted by molar-refractivity contribution is -0.125. The van der Waals surface area contributed by atoms with Crippen molar-refractivity contribution in [2.24, 2.45) is 0 Å². The van der Waals surface area contributed by atoms with Gasteiger partial charge in [0.15, 0.2) is 0 Å². The first-order chi connectivity index (χ1) is 9.24. The lowest BCUT2D eigenvalue weighted by Gasteiger charge is -2.15. The number of para-hydroxylation sites is 1. The molecule has 0 radical (unpaired) electrons. The van der Waals surface area contributed by atoms with Crippen LogP contribution in [0.3, 0.4) is 0 Å². The van der Waals surface area contributed by atoms with Gasteiger partial charge in [-0.3, -0.25) is 4.79 Å². The Bertz CT molecular complexity index is 600. The molecule has 0 aliphatic rings. The lowest BCUT2D eigenvalue weighted by Crippen LogP contribution is -2.28. The fraction of sp³-hybridized carbons (Fsp3) is 0.250. The second kappa shape index (κ2) is 6.14. The number of carbonyl (C=O) groups excluding carboxylic acids is 1. The summed E-state index contributed by atoms with van der Waals surface area (Å²) in [7, 11) is 0. The highest BCUT2D eigenvalue weighted by Crippen LogP contribution is 2.12. The molecule has 1 aromatic heterocycles. The van der Waals surface area contributed by atoms with Crippen molar-refractivity contribution in [3.63, 3.8) is 0 Å². The molecular formula is C16H18N2O. The summed E-state index contributed by atoms with van der Waals surface area (Å²) in [6, 6.07) is 11.9. The number of likely N-dealkylation sites (N-methyl/N-ethyl adjacent to an activating group) is 1. The van der Waals surface area contributed by atoms with Crippen LogP contribution in [0.4, 0.5) is 0 Å². The Balaban J connectivity index is 2.19. The van der Waals surface area contributed by atoms with E-state index >= 15 is 0 Å². The minimum Gasteiger partial charge on any atom is -0.340 e. The first kappa shape index (κ1) is 13.3. The summed E-state index contributed by atoms with van der Waals surface area (Å²) in [6.07, 6.45) is 3.36. The molecule has 3 nitrogen and oxygen atoms in total. The van der Waals surface area contributed by atoms with Crippen molar-refractivity contribution < 1.29 is 4.79 Å². The Morgan fingerprint density at radius 1 is 1.16 bits per heavy atom. The summed E-state index contributed by atoms with van der Waals surface area (Å²) in [4.78, 5) is 18.1. The van der Waals surface area contributed by atoms with Gasteiger partial charge in [0.25, 0.3) is 0 Å². The minimum absolute atomic E-state index is 0.0277. The smallest absolute Gasteiger partial charge is 0.246 e. The summed E-state index contributed by atoms with van der Waals surface area (Å²) >= 11 is 0. The second-order valence-electron chi connectivity index (χ2n) is 4.27. The normalized spacial score (nSPS) is 11.1.